The molecule has 144 valence electrons. The van der Waals surface area contributed by atoms with Crippen LogP contribution in [0.2, 0.25) is 0 Å². The topological polar surface area (TPSA) is 64.1 Å². The molecule has 0 amide bonds. The third-order valence-electron chi connectivity index (χ3n) is 4.16. The van der Waals surface area contributed by atoms with Crippen LogP contribution in [-0.4, -0.2) is 39.4 Å². The first-order chi connectivity index (χ1) is 13.3. The summed E-state index contributed by atoms with van der Waals surface area (Å²) < 4.78 is 16.7. The minimum Gasteiger partial charge on any atom is -0.497 e. The maximum absolute atomic E-state index is 5.75. The van der Waals surface area contributed by atoms with E-state index in [0.717, 1.165) is 48.3 Å². The first-order valence-electron chi connectivity index (χ1n) is 9.36. The summed E-state index contributed by atoms with van der Waals surface area (Å²) in [6.45, 7) is 4.87. The van der Waals surface area contributed by atoms with Crippen molar-refractivity contribution < 1.29 is 14.2 Å². The summed E-state index contributed by atoms with van der Waals surface area (Å²) >= 11 is 0. The normalized spacial score (nSPS) is 13.6. The second kappa shape index (κ2) is 9.71. The number of nitrogens with one attached hydrogen (secondary N) is 2. The molecule has 0 aromatic heterocycles. The van der Waals surface area contributed by atoms with E-state index in [1.54, 1.807) is 7.11 Å². The number of hydrogen-bond acceptors (Lipinski definition) is 4. The molecule has 6 heteroatoms. The molecule has 0 saturated carbocycles. The minimum atomic E-state index is 0.672. The van der Waals surface area contributed by atoms with Crippen molar-refractivity contribution >= 4 is 11.6 Å². The lowest BCUT2D eigenvalue weighted by Crippen LogP contribution is -2.30. The summed E-state index contributed by atoms with van der Waals surface area (Å²) in [5.41, 5.74) is 2.12. The molecular formula is C21H27N3O3. The lowest BCUT2D eigenvalue weighted by atomic mass is 10.1. The Balaban J connectivity index is 1.64. The van der Waals surface area contributed by atoms with E-state index in [1.165, 1.54) is 5.56 Å². The van der Waals surface area contributed by atoms with Crippen LogP contribution < -0.4 is 24.8 Å². The highest BCUT2D eigenvalue weighted by molar-refractivity contribution is 5.93. The zero-order valence-electron chi connectivity index (χ0n) is 16.0. The van der Waals surface area contributed by atoms with Gasteiger partial charge in [0.25, 0.3) is 0 Å². The molecule has 0 spiro atoms. The number of benzene rings is 2. The summed E-state index contributed by atoms with van der Waals surface area (Å²) in [6.07, 6.45) is 1.74. The monoisotopic (exact) mass is 369 g/mol. The van der Waals surface area contributed by atoms with E-state index in [4.69, 9.17) is 14.2 Å². The molecule has 0 atom stereocenters. The largest absolute Gasteiger partial charge is 0.497 e. The molecule has 27 heavy (non-hydrogen) atoms. The average Bonchev–Trinajstić information content (AvgIpc) is 2.93. The van der Waals surface area contributed by atoms with Crippen LogP contribution in [0.5, 0.6) is 17.2 Å². The van der Waals surface area contributed by atoms with E-state index in [2.05, 4.69) is 21.7 Å². The van der Waals surface area contributed by atoms with Gasteiger partial charge in [0, 0.05) is 31.3 Å². The summed E-state index contributed by atoms with van der Waals surface area (Å²) in [4.78, 5) is 4.67. The van der Waals surface area contributed by atoms with Crippen LogP contribution in [0.4, 0.5) is 5.69 Å². The molecule has 0 saturated heterocycles. The maximum atomic E-state index is 5.75. The molecule has 0 radical (unpaired) electrons. The number of hydrogen-bond donors (Lipinski definition) is 2. The number of methoxy groups -OCH3 is 1. The third kappa shape index (κ3) is 5.54. The number of ether oxygens (including phenoxy) is 3. The van der Waals surface area contributed by atoms with Crippen molar-refractivity contribution in [3.05, 3.63) is 48.0 Å². The highest BCUT2D eigenvalue weighted by atomic mass is 16.5. The molecule has 0 fully saturated rings. The molecule has 0 unspecified atom stereocenters. The smallest absolute Gasteiger partial charge is 0.195 e. The van der Waals surface area contributed by atoms with Gasteiger partial charge in [-0.1, -0.05) is 12.1 Å². The summed E-state index contributed by atoms with van der Waals surface area (Å²) in [7, 11) is 1.68. The SMILES string of the molecule is CCNC(=NCCc1cccc(OC)c1)Nc1ccc2c(c1)OCCCO2. The Bertz CT molecular complexity index is 777. The zero-order chi connectivity index (χ0) is 18.9. The number of anilines is 1. The predicted octanol–water partition coefficient (Wildman–Crippen LogP) is 3.48. The van der Waals surface area contributed by atoms with Crippen LogP contribution in [0, 0.1) is 0 Å². The molecular weight excluding hydrogens is 342 g/mol. The number of fused-ring (bicyclic) bond motifs is 1. The average molecular weight is 369 g/mol. The van der Waals surface area contributed by atoms with Gasteiger partial charge >= 0.3 is 0 Å². The van der Waals surface area contributed by atoms with Gasteiger partial charge in [-0.25, -0.2) is 0 Å². The third-order valence-corrected chi connectivity index (χ3v) is 4.16. The fourth-order valence-electron chi connectivity index (χ4n) is 2.81. The quantitative estimate of drug-likeness (QED) is 0.603. The number of guanidine groups is 1. The molecule has 2 N–H and O–H groups in total. The van der Waals surface area contributed by atoms with Gasteiger partial charge in [-0.15, -0.1) is 0 Å². The van der Waals surface area contributed by atoms with Crippen molar-refractivity contribution in [2.45, 2.75) is 19.8 Å². The molecule has 2 aromatic rings. The number of aliphatic imine (C=N–C) groups is 1. The second-order valence-corrected chi connectivity index (χ2v) is 6.20. The lowest BCUT2D eigenvalue weighted by molar-refractivity contribution is 0.297. The van der Waals surface area contributed by atoms with Gasteiger partial charge in [0.2, 0.25) is 0 Å². The molecule has 2 aromatic carbocycles. The van der Waals surface area contributed by atoms with Crippen LogP contribution in [0.25, 0.3) is 0 Å². The highest BCUT2D eigenvalue weighted by Crippen LogP contribution is 2.32. The van der Waals surface area contributed by atoms with Crippen molar-refractivity contribution in [3.8, 4) is 17.2 Å². The molecule has 1 heterocycles. The Kier molecular flexibility index (Phi) is 6.79. The second-order valence-electron chi connectivity index (χ2n) is 6.20. The standard InChI is InChI=1S/C21H27N3O3/c1-3-22-21(23-11-10-16-6-4-7-18(14-16)25-2)24-17-8-9-19-20(15-17)27-13-5-12-26-19/h4,6-9,14-15H,3,5,10-13H2,1-2H3,(H2,22,23,24). The Hall–Kier alpha value is -2.89. The highest BCUT2D eigenvalue weighted by Gasteiger charge is 2.11. The molecule has 1 aliphatic heterocycles. The van der Waals surface area contributed by atoms with Crippen molar-refractivity contribution in [3.63, 3.8) is 0 Å². The van der Waals surface area contributed by atoms with Gasteiger partial charge in [0.15, 0.2) is 17.5 Å². The van der Waals surface area contributed by atoms with E-state index in [-0.39, 0.29) is 0 Å². The lowest BCUT2D eigenvalue weighted by Gasteiger charge is -2.13. The van der Waals surface area contributed by atoms with Gasteiger partial charge in [-0.2, -0.15) is 0 Å². The van der Waals surface area contributed by atoms with Gasteiger partial charge in [0.1, 0.15) is 5.75 Å². The summed E-state index contributed by atoms with van der Waals surface area (Å²) in [6, 6.07) is 13.9. The molecule has 6 nitrogen and oxygen atoms in total. The van der Waals surface area contributed by atoms with Crippen molar-refractivity contribution in [1.29, 1.82) is 0 Å². The van der Waals surface area contributed by atoms with Gasteiger partial charge in [-0.3, -0.25) is 4.99 Å². The molecule has 0 bridgehead atoms. The Morgan fingerprint density at radius 2 is 1.96 bits per heavy atom. The van der Waals surface area contributed by atoms with E-state index in [1.807, 2.05) is 43.3 Å². The fraction of sp³-hybridized carbons (Fsp3) is 0.381. The number of nitrogens with zero attached hydrogens (tertiary/aromatic N) is 1. The van der Waals surface area contributed by atoms with Crippen LogP contribution in [0.15, 0.2) is 47.5 Å². The van der Waals surface area contributed by atoms with Gasteiger partial charge in [-0.05, 0) is 43.2 Å². The Labute approximate surface area is 160 Å². The van der Waals surface area contributed by atoms with Gasteiger partial charge in [0.05, 0.1) is 20.3 Å². The predicted molar refractivity (Wildman–Crippen MR) is 108 cm³/mol. The van der Waals surface area contributed by atoms with Crippen molar-refractivity contribution in [2.75, 3.05) is 38.7 Å². The van der Waals surface area contributed by atoms with E-state index in [9.17, 15) is 0 Å². The first kappa shape index (κ1) is 18.9. The van der Waals surface area contributed by atoms with E-state index < -0.39 is 0 Å². The fourth-order valence-corrected chi connectivity index (χ4v) is 2.81. The van der Waals surface area contributed by atoms with E-state index >= 15 is 0 Å². The summed E-state index contributed by atoms with van der Waals surface area (Å²) in [5.74, 6) is 3.17. The minimum absolute atomic E-state index is 0.672. The van der Waals surface area contributed by atoms with E-state index in [0.29, 0.717) is 19.8 Å². The van der Waals surface area contributed by atoms with Crippen LogP contribution in [0.1, 0.15) is 18.9 Å². The van der Waals surface area contributed by atoms with Crippen LogP contribution in [0.3, 0.4) is 0 Å². The number of rotatable bonds is 6. The Morgan fingerprint density at radius 1 is 1.11 bits per heavy atom. The van der Waals surface area contributed by atoms with Crippen molar-refractivity contribution in [2.24, 2.45) is 4.99 Å². The Morgan fingerprint density at radius 3 is 2.78 bits per heavy atom. The molecule has 1 aliphatic rings. The van der Waals surface area contributed by atoms with Gasteiger partial charge < -0.3 is 24.8 Å². The molecule has 0 aliphatic carbocycles. The zero-order valence-corrected chi connectivity index (χ0v) is 16.0. The van der Waals surface area contributed by atoms with Crippen LogP contribution in [-0.2, 0) is 6.42 Å². The van der Waals surface area contributed by atoms with Crippen molar-refractivity contribution in [1.82, 2.24) is 5.32 Å². The summed E-state index contributed by atoms with van der Waals surface area (Å²) in [5, 5.41) is 6.61. The first-order valence-corrected chi connectivity index (χ1v) is 9.36. The molecule has 3 rings (SSSR count). The maximum Gasteiger partial charge on any atom is 0.195 e. The van der Waals surface area contributed by atoms with Crippen LogP contribution >= 0.6 is 0 Å².